The molecule has 0 aliphatic heterocycles. The Balaban J connectivity index is 0. The van der Waals surface area contributed by atoms with Crippen LogP contribution in [0.1, 0.15) is 13.8 Å². The van der Waals surface area contributed by atoms with Crippen molar-refractivity contribution >= 4 is 0 Å². The lowest BCUT2D eigenvalue weighted by atomic mass is 10.4. The lowest BCUT2D eigenvalue weighted by Gasteiger charge is -1.77. The van der Waals surface area contributed by atoms with E-state index in [0.717, 1.165) is 6.20 Å². The van der Waals surface area contributed by atoms with Crippen LogP contribution in [-0.2, 0) is 0 Å². The van der Waals surface area contributed by atoms with Crippen molar-refractivity contribution in [3.8, 4) is 0 Å². The second kappa shape index (κ2) is 4.26. The van der Waals surface area contributed by atoms with E-state index in [1.807, 2.05) is 0 Å². The minimum atomic E-state index is -0.463. The van der Waals surface area contributed by atoms with Crippen molar-refractivity contribution in [2.24, 2.45) is 0 Å². The summed E-state index contributed by atoms with van der Waals surface area (Å²) < 4.78 is 0. The van der Waals surface area contributed by atoms with Crippen LogP contribution in [0, 0.1) is 10.1 Å². The summed E-state index contributed by atoms with van der Waals surface area (Å²) in [7, 11) is 0. The van der Waals surface area contributed by atoms with Crippen LogP contribution in [0.3, 0.4) is 0 Å². The Morgan fingerprint density at radius 2 is 2.00 bits per heavy atom. The fraction of sp³-hybridized carbons (Fsp3) is 0.500. The number of nitro groups is 1. The molecule has 0 aliphatic rings. The monoisotopic (exact) mass is 118 g/mol. The highest BCUT2D eigenvalue weighted by Crippen LogP contribution is 1.85. The molecule has 0 rings (SSSR count). The van der Waals surface area contributed by atoms with Gasteiger partial charge in [0, 0.05) is 0 Å². The molecule has 0 unspecified atom stereocenters. The SMILES string of the molecule is CC(C)=C[N+](=O)[O-].N. The number of hydrogen-bond donors (Lipinski definition) is 1. The molecule has 4 nitrogen and oxygen atoms in total. The highest BCUT2D eigenvalue weighted by atomic mass is 16.6. The Morgan fingerprint density at radius 1 is 1.62 bits per heavy atom. The number of nitrogens with zero attached hydrogens (tertiary/aromatic N) is 1. The van der Waals surface area contributed by atoms with Crippen molar-refractivity contribution in [3.63, 3.8) is 0 Å². The van der Waals surface area contributed by atoms with E-state index in [2.05, 4.69) is 0 Å². The third-order valence-corrected chi connectivity index (χ3v) is 0.364. The molecule has 0 aromatic carbocycles. The van der Waals surface area contributed by atoms with Gasteiger partial charge in [-0.2, -0.15) is 0 Å². The van der Waals surface area contributed by atoms with Crippen molar-refractivity contribution in [2.75, 3.05) is 0 Å². The summed E-state index contributed by atoms with van der Waals surface area (Å²) in [5.41, 5.74) is 0.713. The topological polar surface area (TPSA) is 78.1 Å². The minimum Gasteiger partial charge on any atom is -0.344 e. The Morgan fingerprint density at radius 3 is 2.00 bits per heavy atom. The zero-order valence-corrected chi connectivity index (χ0v) is 5.05. The third kappa shape index (κ3) is 8.92. The van der Waals surface area contributed by atoms with Gasteiger partial charge in [-0.25, -0.2) is 0 Å². The second-order valence-corrected chi connectivity index (χ2v) is 1.49. The number of hydrogen-bond acceptors (Lipinski definition) is 3. The summed E-state index contributed by atoms with van der Waals surface area (Å²) in [4.78, 5) is 9.08. The first-order valence-electron chi connectivity index (χ1n) is 1.91. The maximum absolute atomic E-state index is 9.54. The van der Waals surface area contributed by atoms with E-state index in [1.54, 1.807) is 13.8 Å². The van der Waals surface area contributed by atoms with Crippen LogP contribution in [0.2, 0.25) is 0 Å². The van der Waals surface area contributed by atoms with Crippen LogP contribution in [0.5, 0.6) is 0 Å². The summed E-state index contributed by atoms with van der Waals surface area (Å²) >= 11 is 0. The standard InChI is InChI=1S/C4H7NO2.H3N/c1-4(2)3-5(6)7;/h3H,1-2H3;1H3. The average molecular weight is 118 g/mol. The minimum absolute atomic E-state index is 0. The van der Waals surface area contributed by atoms with Crippen LogP contribution in [0.4, 0.5) is 0 Å². The van der Waals surface area contributed by atoms with Crippen molar-refractivity contribution in [2.45, 2.75) is 13.8 Å². The molecule has 3 N–H and O–H groups in total. The van der Waals surface area contributed by atoms with Crippen molar-refractivity contribution in [3.05, 3.63) is 21.9 Å². The Bertz CT molecular complexity index is 105. The molecular weight excluding hydrogens is 108 g/mol. The van der Waals surface area contributed by atoms with Gasteiger partial charge in [-0.15, -0.1) is 0 Å². The van der Waals surface area contributed by atoms with Crippen LogP contribution in [0.25, 0.3) is 0 Å². The lowest BCUT2D eigenvalue weighted by Crippen LogP contribution is -1.83. The van der Waals surface area contributed by atoms with Gasteiger partial charge in [-0.05, 0) is 19.4 Å². The molecule has 4 heteroatoms. The van der Waals surface area contributed by atoms with Gasteiger partial charge in [-0.1, -0.05) is 0 Å². The quantitative estimate of drug-likeness (QED) is 0.417. The van der Waals surface area contributed by atoms with Crippen molar-refractivity contribution in [1.82, 2.24) is 6.15 Å². The van der Waals surface area contributed by atoms with Gasteiger partial charge in [-0.3, -0.25) is 10.1 Å². The zero-order valence-electron chi connectivity index (χ0n) is 5.05. The lowest BCUT2D eigenvalue weighted by molar-refractivity contribution is -0.403. The van der Waals surface area contributed by atoms with E-state index >= 15 is 0 Å². The fourth-order valence-corrected chi connectivity index (χ4v) is 0.211. The molecule has 48 valence electrons. The predicted octanol–water partition coefficient (Wildman–Crippen LogP) is 1.35. The first kappa shape index (κ1) is 10.2. The van der Waals surface area contributed by atoms with E-state index in [0.29, 0.717) is 5.57 Å². The molecule has 0 fully saturated rings. The molecule has 0 bridgehead atoms. The predicted molar refractivity (Wildman–Crippen MR) is 31.4 cm³/mol. The van der Waals surface area contributed by atoms with Gasteiger partial charge in [0.1, 0.15) is 0 Å². The Kier molecular flexibility index (Phi) is 5.41. The average Bonchev–Trinajstić information content (AvgIpc) is 1.27. The molecule has 0 amide bonds. The van der Waals surface area contributed by atoms with E-state index in [-0.39, 0.29) is 6.15 Å². The first-order valence-corrected chi connectivity index (χ1v) is 1.91. The van der Waals surface area contributed by atoms with Gasteiger partial charge in [0.25, 0.3) is 0 Å². The highest BCUT2D eigenvalue weighted by molar-refractivity contribution is 4.85. The molecule has 0 saturated heterocycles. The third-order valence-electron chi connectivity index (χ3n) is 0.364. The largest absolute Gasteiger partial charge is 0.344 e. The molecule has 0 aromatic rings. The molecule has 0 aliphatic carbocycles. The van der Waals surface area contributed by atoms with Crippen LogP contribution in [-0.4, -0.2) is 4.92 Å². The maximum atomic E-state index is 9.54. The maximum Gasteiger partial charge on any atom is 0.233 e. The molecule has 8 heavy (non-hydrogen) atoms. The fourth-order valence-electron chi connectivity index (χ4n) is 0.211. The normalized spacial score (nSPS) is 6.75. The van der Waals surface area contributed by atoms with E-state index < -0.39 is 4.92 Å². The molecule has 0 heterocycles. The molecule has 0 radical (unpaired) electrons. The van der Waals surface area contributed by atoms with Gasteiger partial charge < -0.3 is 6.15 Å². The summed E-state index contributed by atoms with van der Waals surface area (Å²) in [6, 6.07) is 0. The smallest absolute Gasteiger partial charge is 0.233 e. The molecule has 0 atom stereocenters. The van der Waals surface area contributed by atoms with Gasteiger partial charge in [0.05, 0.1) is 4.92 Å². The Hall–Kier alpha value is -0.900. The summed E-state index contributed by atoms with van der Waals surface area (Å²) in [6.07, 6.45) is 0.972. The van der Waals surface area contributed by atoms with Gasteiger partial charge >= 0.3 is 0 Å². The van der Waals surface area contributed by atoms with E-state index in [1.165, 1.54) is 0 Å². The molecular formula is C4H10N2O2. The summed E-state index contributed by atoms with van der Waals surface area (Å²) in [6.45, 7) is 3.37. The summed E-state index contributed by atoms with van der Waals surface area (Å²) in [5.74, 6) is 0. The van der Waals surface area contributed by atoms with Gasteiger partial charge in [0.15, 0.2) is 0 Å². The van der Waals surface area contributed by atoms with Crippen LogP contribution >= 0.6 is 0 Å². The summed E-state index contributed by atoms with van der Waals surface area (Å²) in [5, 5.41) is 9.54. The van der Waals surface area contributed by atoms with E-state index in [9.17, 15) is 10.1 Å². The number of allylic oxidation sites excluding steroid dienone is 1. The first-order chi connectivity index (χ1) is 3.13. The second-order valence-electron chi connectivity index (χ2n) is 1.49. The number of rotatable bonds is 1. The molecule has 0 saturated carbocycles. The highest BCUT2D eigenvalue weighted by Gasteiger charge is 1.83. The Labute approximate surface area is 47.9 Å². The van der Waals surface area contributed by atoms with Gasteiger partial charge in [0.2, 0.25) is 6.20 Å². The zero-order chi connectivity index (χ0) is 5.86. The van der Waals surface area contributed by atoms with Crippen molar-refractivity contribution < 1.29 is 4.92 Å². The molecule has 0 spiro atoms. The van der Waals surface area contributed by atoms with E-state index in [4.69, 9.17) is 0 Å². The van der Waals surface area contributed by atoms with Crippen LogP contribution in [0.15, 0.2) is 11.8 Å². The van der Waals surface area contributed by atoms with Crippen LogP contribution < -0.4 is 6.15 Å². The van der Waals surface area contributed by atoms with Crippen molar-refractivity contribution in [1.29, 1.82) is 0 Å². The molecule has 0 aromatic heterocycles.